The van der Waals surface area contributed by atoms with Gasteiger partial charge in [-0.2, -0.15) is 5.10 Å². The van der Waals surface area contributed by atoms with Gasteiger partial charge in [-0.3, -0.25) is 14.9 Å². The normalized spacial score (nSPS) is 18.1. The number of nitrogens with zero attached hydrogens (tertiary/aromatic N) is 2. The fraction of sp³-hybridized carbons (Fsp3) is 0.133. The number of carbonyl (C=O) groups excluding carboxylic acids is 1. The Morgan fingerprint density at radius 2 is 2.24 bits per heavy atom. The summed E-state index contributed by atoms with van der Waals surface area (Å²) in [6, 6.07) is 10.2. The molecule has 6 heteroatoms. The van der Waals surface area contributed by atoms with Gasteiger partial charge in [0.25, 0.3) is 0 Å². The van der Waals surface area contributed by atoms with Crippen molar-refractivity contribution in [2.75, 3.05) is 11.1 Å². The molecule has 0 fully saturated rings. The molecular weight excluding hydrogens is 284 g/mol. The number of fused-ring (bicyclic) bond motifs is 2. The van der Waals surface area contributed by atoms with Crippen LogP contribution in [0, 0.1) is 0 Å². The molecule has 5 nitrogen and oxygen atoms in total. The third-order valence-corrected chi connectivity index (χ3v) is 4.81. The van der Waals surface area contributed by atoms with E-state index in [4.69, 9.17) is 0 Å². The summed E-state index contributed by atoms with van der Waals surface area (Å²) < 4.78 is 0. The SMILES string of the molecule is O=C1CS[C@H](c2ccc3ncccc3c2)c2cn[nH]c2N1. The Balaban J connectivity index is 1.83. The summed E-state index contributed by atoms with van der Waals surface area (Å²) in [6.07, 6.45) is 3.57. The number of benzene rings is 1. The molecule has 0 aliphatic carbocycles. The second-order valence-electron chi connectivity index (χ2n) is 4.90. The summed E-state index contributed by atoms with van der Waals surface area (Å²) >= 11 is 1.61. The number of H-pyrrole nitrogens is 1. The molecular formula is C15H12N4OS. The van der Waals surface area contributed by atoms with Gasteiger partial charge in [0.05, 0.1) is 22.7 Å². The molecule has 1 atom stereocenters. The maximum atomic E-state index is 11.7. The lowest BCUT2D eigenvalue weighted by atomic mass is 10.0. The van der Waals surface area contributed by atoms with E-state index in [0.29, 0.717) is 11.6 Å². The number of thioether (sulfide) groups is 1. The van der Waals surface area contributed by atoms with Crippen LogP contribution in [0.4, 0.5) is 5.82 Å². The number of carbonyl (C=O) groups is 1. The zero-order valence-electron chi connectivity index (χ0n) is 11.0. The van der Waals surface area contributed by atoms with Gasteiger partial charge in [0.15, 0.2) is 0 Å². The van der Waals surface area contributed by atoms with E-state index < -0.39 is 0 Å². The highest BCUT2D eigenvalue weighted by Crippen LogP contribution is 2.41. The van der Waals surface area contributed by atoms with E-state index in [2.05, 4.69) is 32.6 Å². The zero-order chi connectivity index (χ0) is 14.2. The van der Waals surface area contributed by atoms with Gasteiger partial charge in [-0.25, -0.2) is 0 Å². The summed E-state index contributed by atoms with van der Waals surface area (Å²) in [5, 5.41) is 10.9. The van der Waals surface area contributed by atoms with Gasteiger partial charge >= 0.3 is 0 Å². The van der Waals surface area contributed by atoms with Crippen LogP contribution in [0.15, 0.2) is 42.7 Å². The van der Waals surface area contributed by atoms with Gasteiger partial charge in [-0.05, 0) is 23.8 Å². The van der Waals surface area contributed by atoms with Crippen molar-refractivity contribution in [1.82, 2.24) is 15.2 Å². The topological polar surface area (TPSA) is 70.7 Å². The van der Waals surface area contributed by atoms with Crippen LogP contribution < -0.4 is 5.32 Å². The molecule has 0 unspecified atom stereocenters. The van der Waals surface area contributed by atoms with E-state index in [1.807, 2.05) is 18.2 Å². The monoisotopic (exact) mass is 296 g/mol. The zero-order valence-corrected chi connectivity index (χ0v) is 11.9. The minimum Gasteiger partial charge on any atom is -0.310 e. The number of aromatic amines is 1. The summed E-state index contributed by atoms with van der Waals surface area (Å²) in [6.45, 7) is 0. The Labute approximate surface area is 125 Å². The second-order valence-corrected chi connectivity index (χ2v) is 5.99. The molecule has 0 saturated carbocycles. The third-order valence-electron chi connectivity index (χ3n) is 3.53. The average molecular weight is 296 g/mol. The highest BCUT2D eigenvalue weighted by Gasteiger charge is 2.25. The van der Waals surface area contributed by atoms with Gasteiger partial charge < -0.3 is 5.32 Å². The number of nitrogens with one attached hydrogen (secondary N) is 2. The van der Waals surface area contributed by atoms with Crippen LogP contribution in [-0.4, -0.2) is 26.8 Å². The average Bonchev–Trinajstić information content (AvgIpc) is 2.89. The molecule has 0 radical (unpaired) electrons. The summed E-state index contributed by atoms with van der Waals surface area (Å²) in [5.74, 6) is 1.12. The van der Waals surface area contributed by atoms with E-state index >= 15 is 0 Å². The molecule has 1 aliphatic heterocycles. The Hall–Kier alpha value is -2.34. The van der Waals surface area contributed by atoms with Gasteiger partial charge in [-0.1, -0.05) is 12.1 Å². The highest BCUT2D eigenvalue weighted by molar-refractivity contribution is 8.00. The van der Waals surface area contributed by atoms with Crippen molar-refractivity contribution in [2.45, 2.75) is 5.25 Å². The van der Waals surface area contributed by atoms with Crippen LogP contribution in [0.25, 0.3) is 10.9 Å². The summed E-state index contributed by atoms with van der Waals surface area (Å²) in [5.41, 5.74) is 3.13. The number of anilines is 1. The largest absolute Gasteiger partial charge is 0.310 e. The molecule has 104 valence electrons. The van der Waals surface area contributed by atoms with Crippen molar-refractivity contribution in [3.63, 3.8) is 0 Å². The van der Waals surface area contributed by atoms with Gasteiger partial charge in [0, 0.05) is 17.1 Å². The van der Waals surface area contributed by atoms with Crippen LogP contribution in [0.2, 0.25) is 0 Å². The first-order chi connectivity index (χ1) is 10.3. The van der Waals surface area contributed by atoms with E-state index in [0.717, 1.165) is 22.0 Å². The van der Waals surface area contributed by atoms with Crippen LogP contribution in [0.5, 0.6) is 0 Å². The van der Waals surface area contributed by atoms with E-state index in [-0.39, 0.29) is 11.2 Å². The lowest BCUT2D eigenvalue weighted by molar-refractivity contribution is -0.113. The maximum Gasteiger partial charge on any atom is 0.235 e. The predicted octanol–water partition coefficient (Wildman–Crippen LogP) is 2.73. The number of hydrogen-bond acceptors (Lipinski definition) is 4. The molecule has 21 heavy (non-hydrogen) atoms. The van der Waals surface area contributed by atoms with Crippen LogP contribution in [0.3, 0.4) is 0 Å². The number of amides is 1. The van der Waals surface area contributed by atoms with Crippen LogP contribution >= 0.6 is 11.8 Å². The third kappa shape index (κ3) is 2.17. The number of pyridine rings is 1. The minimum atomic E-state index is -0.00421. The molecule has 3 aromatic rings. The number of rotatable bonds is 1. The Morgan fingerprint density at radius 1 is 1.29 bits per heavy atom. The van der Waals surface area contributed by atoms with Crippen molar-refractivity contribution < 1.29 is 4.79 Å². The first kappa shape index (κ1) is 12.4. The molecule has 1 aliphatic rings. The van der Waals surface area contributed by atoms with Crippen molar-refractivity contribution in [3.05, 3.63) is 53.9 Å². The summed E-state index contributed by atoms with van der Waals surface area (Å²) in [4.78, 5) is 16.1. The van der Waals surface area contributed by atoms with E-state index in [1.54, 1.807) is 24.2 Å². The molecule has 1 aromatic carbocycles. The highest BCUT2D eigenvalue weighted by atomic mass is 32.2. The van der Waals surface area contributed by atoms with Gasteiger partial charge in [0.1, 0.15) is 5.82 Å². The second kappa shape index (κ2) is 4.89. The fourth-order valence-electron chi connectivity index (χ4n) is 2.55. The summed E-state index contributed by atoms with van der Waals surface area (Å²) in [7, 11) is 0. The molecule has 4 rings (SSSR count). The predicted molar refractivity (Wildman–Crippen MR) is 83.3 cm³/mol. The van der Waals surface area contributed by atoms with Crippen LogP contribution in [0.1, 0.15) is 16.4 Å². The first-order valence-corrected chi connectivity index (χ1v) is 7.65. The fourth-order valence-corrected chi connectivity index (χ4v) is 3.64. The van der Waals surface area contributed by atoms with Crippen LogP contribution in [-0.2, 0) is 4.79 Å². The van der Waals surface area contributed by atoms with E-state index in [1.165, 1.54) is 0 Å². The Kier molecular flexibility index (Phi) is 2.89. The molecule has 2 aromatic heterocycles. The molecule has 3 heterocycles. The lowest BCUT2D eigenvalue weighted by Crippen LogP contribution is -2.12. The standard InChI is InChI=1S/C15H12N4OS/c20-13-8-21-14(11-7-17-19-15(11)18-13)10-3-4-12-9(6-10)2-1-5-16-12/h1-7,14H,8H2,(H2,17,18,19,20)/t14-/m1/s1. The Morgan fingerprint density at radius 3 is 3.19 bits per heavy atom. The minimum absolute atomic E-state index is 0.00421. The smallest absolute Gasteiger partial charge is 0.235 e. The molecule has 0 saturated heterocycles. The van der Waals surface area contributed by atoms with Crippen molar-refractivity contribution in [1.29, 1.82) is 0 Å². The van der Waals surface area contributed by atoms with E-state index in [9.17, 15) is 4.79 Å². The van der Waals surface area contributed by atoms with Gasteiger partial charge in [0.2, 0.25) is 5.91 Å². The van der Waals surface area contributed by atoms with Crippen molar-refractivity contribution in [3.8, 4) is 0 Å². The quantitative estimate of drug-likeness (QED) is 0.724. The number of aromatic nitrogens is 3. The molecule has 0 bridgehead atoms. The first-order valence-electron chi connectivity index (χ1n) is 6.61. The molecule has 2 N–H and O–H groups in total. The maximum absolute atomic E-state index is 11.7. The van der Waals surface area contributed by atoms with Crippen molar-refractivity contribution in [2.24, 2.45) is 0 Å². The lowest BCUT2D eigenvalue weighted by Gasteiger charge is -2.14. The Bertz CT molecular complexity index is 829. The van der Waals surface area contributed by atoms with Gasteiger partial charge in [-0.15, -0.1) is 11.8 Å². The molecule has 1 amide bonds. The number of hydrogen-bond donors (Lipinski definition) is 2. The van der Waals surface area contributed by atoms with Crippen molar-refractivity contribution >= 4 is 34.4 Å². The molecule has 0 spiro atoms.